The van der Waals surface area contributed by atoms with E-state index in [4.69, 9.17) is 14.7 Å². The molecule has 0 spiro atoms. The van der Waals surface area contributed by atoms with E-state index in [-0.39, 0.29) is 24.2 Å². The maximum atomic E-state index is 14.1. The van der Waals surface area contributed by atoms with Crippen molar-refractivity contribution in [1.29, 1.82) is 0 Å². The standard InChI is InChI=1S/C16H20FNO5/c1-4-22-16(20)15(18-21)13-8-7-12(9-14(13)17)6-5-10(2)23-11(3)19/h7-10,21H,4-6H2,1-3H3/b18-15-. The molecule has 1 aromatic rings. The van der Waals surface area contributed by atoms with Crippen LogP contribution in [0.15, 0.2) is 23.4 Å². The quantitative estimate of drug-likeness (QED) is 0.360. The lowest BCUT2D eigenvalue weighted by Crippen LogP contribution is -2.20. The van der Waals surface area contributed by atoms with Crippen molar-refractivity contribution in [1.82, 2.24) is 0 Å². The lowest BCUT2D eigenvalue weighted by Gasteiger charge is -2.12. The molecule has 0 aliphatic heterocycles. The van der Waals surface area contributed by atoms with E-state index < -0.39 is 17.5 Å². The molecule has 1 aromatic carbocycles. The van der Waals surface area contributed by atoms with Crippen LogP contribution in [0.2, 0.25) is 0 Å². The molecular weight excluding hydrogens is 305 g/mol. The van der Waals surface area contributed by atoms with Crippen LogP contribution in [0.1, 0.15) is 38.3 Å². The second kappa shape index (κ2) is 8.87. The van der Waals surface area contributed by atoms with Crippen molar-refractivity contribution >= 4 is 17.7 Å². The number of rotatable bonds is 7. The highest BCUT2D eigenvalue weighted by molar-refractivity contribution is 6.43. The van der Waals surface area contributed by atoms with E-state index in [1.165, 1.54) is 19.1 Å². The van der Waals surface area contributed by atoms with Crippen LogP contribution in [-0.4, -0.2) is 35.6 Å². The molecule has 0 aliphatic rings. The van der Waals surface area contributed by atoms with Gasteiger partial charge in [0.2, 0.25) is 0 Å². The van der Waals surface area contributed by atoms with Crippen molar-refractivity contribution in [2.75, 3.05) is 6.61 Å². The van der Waals surface area contributed by atoms with Crippen molar-refractivity contribution in [2.24, 2.45) is 5.16 Å². The van der Waals surface area contributed by atoms with Gasteiger partial charge in [-0.3, -0.25) is 4.79 Å². The van der Waals surface area contributed by atoms with Crippen molar-refractivity contribution in [3.05, 3.63) is 35.1 Å². The maximum Gasteiger partial charge on any atom is 0.361 e. The molecule has 23 heavy (non-hydrogen) atoms. The molecule has 7 heteroatoms. The normalized spacial score (nSPS) is 12.6. The maximum absolute atomic E-state index is 14.1. The first-order chi connectivity index (χ1) is 10.9. The molecule has 1 rings (SSSR count). The minimum absolute atomic E-state index is 0.0889. The number of benzene rings is 1. The number of carbonyl (C=O) groups is 2. The Labute approximate surface area is 133 Å². The Morgan fingerprint density at radius 3 is 2.61 bits per heavy atom. The zero-order valence-corrected chi connectivity index (χ0v) is 13.3. The van der Waals surface area contributed by atoms with Gasteiger partial charge in [0.25, 0.3) is 0 Å². The van der Waals surface area contributed by atoms with Gasteiger partial charge in [-0.1, -0.05) is 11.2 Å². The Morgan fingerprint density at radius 2 is 2.09 bits per heavy atom. The van der Waals surface area contributed by atoms with Crippen LogP contribution in [0.3, 0.4) is 0 Å². The highest BCUT2D eigenvalue weighted by Crippen LogP contribution is 2.15. The summed E-state index contributed by atoms with van der Waals surface area (Å²) in [6, 6.07) is 4.22. The number of ether oxygens (including phenoxy) is 2. The molecule has 1 atom stereocenters. The second-order valence-electron chi connectivity index (χ2n) is 4.94. The number of oxime groups is 1. The van der Waals surface area contributed by atoms with Crippen molar-refractivity contribution in [3.63, 3.8) is 0 Å². The summed E-state index contributed by atoms with van der Waals surface area (Å²) in [6.45, 7) is 4.77. The van der Waals surface area contributed by atoms with Gasteiger partial charge in [-0.2, -0.15) is 0 Å². The fourth-order valence-electron chi connectivity index (χ4n) is 2.02. The Kier molecular flexibility index (Phi) is 7.18. The van der Waals surface area contributed by atoms with E-state index in [9.17, 15) is 14.0 Å². The molecule has 0 heterocycles. The van der Waals surface area contributed by atoms with Crippen LogP contribution >= 0.6 is 0 Å². The van der Waals surface area contributed by atoms with Gasteiger partial charge in [0.15, 0.2) is 5.71 Å². The topological polar surface area (TPSA) is 85.2 Å². The molecule has 1 unspecified atom stereocenters. The molecule has 1 N–H and O–H groups in total. The average molecular weight is 325 g/mol. The monoisotopic (exact) mass is 325 g/mol. The Morgan fingerprint density at radius 1 is 1.39 bits per heavy atom. The van der Waals surface area contributed by atoms with Crippen LogP contribution in [0.25, 0.3) is 0 Å². The predicted molar refractivity (Wildman–Crippen MR) is 80.9 cm³/mol. The van der Waals surface area contributed by atoms with Gasteiger partial charge in [0.1, 0.15) is 5.82 Å². The van der Waals surface area contributed by atoms with Gasteiger partial charge in [0.05, 0.1) is 12.7 Å². The summed E-state index contributed by atoms with van der Waals surface area (Å²) in [4.78, 5) is 22.4. The van der Waals surface area contributed by atoms with Crippen LogP contribution in [0.4, 0.5) is 4.39 Å². The van der Waals surface area contributed by atoms with Gasteiger partial charge in [-0.15, -0.1) is 0 Å². The summed E-state index contributed by atoms with van der Waals surface area (Å²) in [7, 11) is 0. The summed E-state index contributed by atoms with van der Waals surface area (Å²) >= 11 is 0. The van der Waals surface area contributed by atoms with Gasteiger partial charge < -0.3 is 14.7 Å². The zero-order chi connectivity index (χ0) is 17.4. The second-order valence-corrected chi connectivity index (χ2v) is 4.94. The zero-order valence-electron chi connectivity index (χ0n) is 13.3. The molecule has 0 amide bonds. The third kappa shape index (κ3) is 5.69. The van der Waals surface area contributed by atoms with Gasteiger partial charge in [-0.05, 0) is 44.4 Å². The highest BCUT2D eigenvalue weighted by Gasteiger charge is 2.20. The summed E-state index contributed by atoms with van der Waals surface area (Å²) in [5.41, 5.74) is 0.0540. The number of nitrogens with zero attached hydrogens (tertiary/aromatic N) is 1. The molecule has 0 aromatic heterocycles. The van der Waals surface area contributed by atoms with Crippen molar-refractivity contribution in [2.45, 2.75) is 39.7 Å². The van der Waals surface area contributed by atoms with E-state index >= 15 is 0 Å². The average Bonchev–Trinajstić information content (AvgIpc) is 2.47. The van der Waals surface area contributed by atoms with E-state index in [2.05, 4.69) is 5.16 Å². The molecule has 0 saturated carbocycles. The first kappa shape index (κ1) is 18.6. The summed E-state index contributed by atoms with van der Waals surface area (Å²) in [5, 5.41) is 11.7. The van der Waals surface area contributed by atoms with Gasteiger partial charge in [-0.25, -0.2) is 9.18 Å². The number of carbonyl (C=O) groups excluding carboxylic acids is 2. The van der Waals surface area contributed by atoms with E-state index in [0.29, 0.717) is 18.4 Å². The van der Waals surface area contributed by atoms with Crippen molar-refractivity contribution in [3.8, 4) is 0 Å². The van der Waals surface area contributed by atoms with Gasteiger partial charge in [0, 0.05) is 12.5 Å². The third-order valence-electron chi connectivity index (χ3n) is 3.06. The smallest absolute Gasteiger partial charge is 0.361 e. The highest BCUT2D eigenvalue weighted by atomic mass is 19.1. The molecule has 0 bridgehead atoms. The lowest BCUT2D eigenvalue weighted by molar-refractivity contribution is -0.145. The SMILES string of the molecule is CCOC(=O)/C(=N\O)c1ccc(CCC(C)OC(C)=O)cc1F. The molecule has 6 nitrogen and oxygen atoms in total. The Hall–Kier alpha value is -2.44. The molecule has 0 aliphatic carbocycles. The summed E-state index contributed by atoms with van der Waals surface area (Å²) in [6.07, 6.45) is 0.762. The van der Waals surface area contributed by atoms with Crippen LogP contribution in [0, 0.1) is 5.82 Å². The Balaban J connectivity index is 2.81. The number of hydrogen-bond acceptors (Lipinski definition) is 6. The minimum atomic E-state index is -0.898. The number of aryl methyl sites for hydroxylation is 1. The largest absolute Gasteiger partial charge is 0.463 e. The fourth-order valence-corrected chi connectivity index (χ4v) is 2.02. The summed E-state index contributed by atoms with van der Waals surface area (Å²) < 4.78 is 23.8. The molecular formula is C16H20FNO5. The van der Waals surface area contributed by atoms with E-state index in [0.717, 1.165) is 0 Å². The molecule has 0 fully saturated rings. The minimum Gasteiger partial charge on any atom is -0.463 e. The van der Waals surface area contributed by atoms with Crippen molar-refractivity contribution < 1.29 is 28.7 Å². The first-order valence-electron chi connectivity index (χ1n) is 7.24. The number of hydrogen-bond donors (Lipinski definition) is 1. The van der Waals surface area contributed by atoms with Gasteiger partial charge >= 0.3 is 11.9 Å². The summed E-state index contributed by atoms with van der Waals surface area (Å²) in [5.74, 6) is -1.95. The number of esters is 2. The third-order valence-corrected chi connectivity index (χ3v) is 3.06. The van der Waals surface area contributed by atoms with E-state index in [1.54, 1.807) is 19.9 Å². The Bertz CT molecular complexity index is 600. The fraction of sp³-hybridized carbons (Fsp3) is 0.438. The molecule has 0 radical (unpaired) electrons. The molecule has 126 valence electrons. The van der Waals surface area contributed by atoms with Crippen LogP contribution in [-0.2, 0) is 25.5 Å². The number of halogens is 1. The van der Waals surface area contributed by atoms with Crippen LogP contribution in [0.5, 0.6) is 0 Å². The molecule has 0 saturated heterocycles. The van der Waals surface area contributed by atoms with Crippen LogP contribution < -0.4 is 0 Å². The van der Waals surface area contributed by atoms with E-state index in [1.807, 2.05) is 0 Å². The first-order valence-corrected chi connectivity index (χ1v) is 7.24. The predicted octanol–water partition coefficient (Wildman–Crippen LogP) is 2.45. The lowest BCUT2D eigenvalue weighted by atomic mass is 10.0.